The minimum atomic E-state index is -3.37. The first-order chi connectivity index (χ1) is 10.9. The average Bonchev–Trinajstić information content (AvgIpc) is 2.47. The van der Waals surface area contributed by atoms with E-state index in [9.17, 15) is 13.2 Å². The number of halogens is 1. The second kappa shape index (κ2) is 7.78. The molecular weight excluding hydrogens is 427 g/mol. The topological polar surface area (TPSA) is 75.3 Å². The van der Waals surface area contributed by atoms with Gasteiger partial charge in [0.1, 0.15) is 0 Å². The molecule has 23 heavy (non-hydrogen) atoms. The van der Waals surface area contributed by atoms with Crippen LogP contribution in [0.25, 0.3) is 0 Å². The molecule has 0 saturated carbocycles. The van der Waals surface area contributed by atoms with Crippen molar-refractivity contribution in [2.45, 2.75) is 13.3 Å². The Kier molecular flexibility index (Phi) is 6.00. The van der Waals surface area contributed by atoms with E-state index in [1.165, 1.54) is 6.07 Å². The molecular formula is C16H17IN2O3S. The van der Waals surface area contributed by atoms with Crippen LogP contribution in [0.1, 0.15) is 23.7 Å². The van der Waals surface area contributed by atoms with Crippen LogP contribution < -0.4 is 10.0 Å². The van der Waals surface area contributed by atoms with Gasteiger partial charge in [-0.15, -0.1) is 0 Å². The van der Waals surface area contributed by atoms with Gasteiger partial charge in [-0.3, -0.25) is 9.52 Å². The molecule has 1 amide bonds. The third-order valence-corrected chi connectivity index (χ3v) is 5.12. The molecule has 7 heteroatoms. The van der Waals surface area contributed by atoms with Crippen LogP contribution in [-0.2, 0) is 10.0 Å². The zero-order chi connectivity index (χ0) is 16.9. The highest BCUT2D eigenvalue weighted by molar-refractivity contribution is 14.1. The van der Waals surface area contributed by atoms with Crippen molar-refractivity contribution in [1.82, 2.24) is 0 Å². The zero-order valence-corrected chi connectivity index (χ0v) is 15.5. The molecule has 0 heterocycles. The minimum Gasteiger partial charge on any atom is -0.322 e. The number of hydrogen-bond acceptors (Lipinski definition) is 3. The molecule has 0 fully saturated rings. The third-order valence-electron chi connectivity index (χ3n) is 2.95. The van der Waals surface area contributed by atoms with Gasteiger partial charge in [-0.2, -0.15) is 0 Å². The molecule has 2 rings (SSSR count). The van der Waals surface area contributed by atoms with E-state index < -0.39 is 10.0 Å². The molecule has 0 radical (unpaired) electrons. The maximum absolute atomic E-state index is 12.3. The normalized spacial score (nSPS) is 11.0. The molecule has 0 aromatic heterocycles. The molecule has 2 aromatic rings. The summed E-state index contributed by atoms with van der Waals surface area (Å²) in [5.41, 5.74) is 1.47. The van der Waals surface area contributed by atoms with Gasteiger partial charge in [0.15, 0.2) is 0 Å². The Labute approximate surface area is 149 Å². The second-order valence-electron chi connectivity index (χ2n) is 4.97. The number of nitrogens with one attached hydrogen (secondary N) is 2. The van der Waals surface area contributed by atoms with Crippen molar-refractivity contribution < 1.29 is 13.2 Å². The Hall–Kier alpha value is -1.61. The number of hydrogen-bond donors (Lipinski definition) is 2. The number of benzene rings is 2. The molecule has 0 saturated heterocycles. The fourth-order valence-electron chi connectivity index (χ4n) is 1.99. The van der Waals surface area contributed by atoms with E-state index in [1.54, 1.807) is 31.2 Å². The molecule has 0 atom stereocenters. The van der Waals surface area contributed by atoms with Crippen LogP contribution in [0.15, 0.2) is 48.5 Å². The van der Waals surface area contributed by atoms with Crippen LogP contribution in [0, 0.1) is 3.57 Å². The molecule has 0 unspecified atom stereocenters. The van der Waals surface area contributed by atoms with Crippen LogP contribution in [0.3, 0.4) is 0 Å². The predicted octanol–water partition coefficient (Wildman–Crippen LogP) is 3.70. The zero-order valence-electron chi connectivity index (χ0n) is 12.5. The fraction of sp³-hybridized carbons (Fsp3) is 0.188. The lowest BCUT2D eigenvalue weighted by molar-refractivity contribution is 0.102. The molecule has 0 bridgehead atoms. The monoisotopic (exact) mass is 444 g/mol. The summed E-state index contributed by atoms with van der Waals surface area (Å²) in [5.74, 6) is -0.241. The third kappa shape index (κ3) is 5.51. The molecule has 122 valence electrons. The first kappa shape index (κ1) is 17.7. The summed E-state index contributed by atoms with van der Waals surface area (Å²) in [6.07, 6.45) is 0.530. The average molecular weight is 444 g/mol. The van der Waals surface area contributed by atoms with Crippen molar-refractivity contribution in [2.24, 2.45) is 0 Å². The Bertz CT molecular complexity index is 806. The van der Waals surface area contributed by atoms with E-state index >= 15 is 0 Å². The van der Waals surface area contributed by atoms with Gasteiger partial charge in [-0.1, -0.05) is 19.1 Å². The van der Waals surface area contributed by atoms with Gasteiger partial charge in [0.05, 0.1) is 5.75 Å². The van der Waals surface area contributed by atoms with Gasteiger partial charge >= 0.3 is 0 Å². The van der Waals surface area contributed by atoms with Crippen molar-refractivity contribution in [2.75, 3.05) is 15.8 Å². The Balaban J connectivity index is 2.14. The summed E-state index contributed by atoms with van der Waals surface area (Å²) in [7, 11) is -3.37. The molecule has 0 aliphatic heterocycles. The number of rotatable bonds is 6. The van der Waals surface area contributed by atoms with Crippen molar-refractivity contribution in [1.29, 1.82) is 0 Å². The van der Waals surface area contributed by atoms with Gasteiger partial charge in [-0.25, -0.2) is 8.42 Å². The van der Waals surface area contributed by atoms with Crippen molar-refractivity contribution in [3.05, 3.63) is 57.7 Å². The van der Waals surface area contributed by atoms with Crippen molar-refractivity contribution >= 4 is 49.9 Å². The number of sulfonamides is 1. The molecule has 2 aromatic carbocycles. The van der Waals surface area contributed by atoms with Gasteiger partial charge in [-0.05, 0) is 65.4 Å². The number of amides is 1. The fourth-order valence-corrected chi connectivity index (χ4v) is 3.66. The maximum atomic E-state index is 12.3. The maximum Gasteiger partial charge on any atom is 0.255 e. The lowest BCUT2D eigenvalue weighted by atomic mass is 10.2. The van der Waals surface area contributed by atoms with E-state index in [1.807, 2.05) is 18.2 Å². The summed E-state index contributed by atoms with van der Waals surface area (Å²) < 4.78 is 27.1. The van der Waals surface area contributed by atoms with Crippen LogP contribution in [0.4, 0.5) is 11.4 Å². The van der Waals surface area contributed by atoms with E-state index in [4.69, 9.17) is 0 Å². The molecule has 5 nitrogen and oxygen atoms in total. The lowest BCUT2D eigenvalue weighted by Crippen LogP contribution is -2.17. The van der Waals surface area contributed by atoms with E-state index in [0.717, 1.165) is 3.57 Å². The summed E-state index contributed by atoms with van der Waals surface area (Å²) in [6, 6.07) is 13.9. The highest BCUT2D eigenvalue weighted by Crippen LogP contribution is 2.16. The largest absolute Gasteiger partial charge is 0.322 e. The number of carbonyl (C=O) groups excluding carboxylic acids is 1. The first-order valence-electron chi connectivity index (χ1n) is 7.07. The van der Waals surface area contributed by atoms with Crippen molar-refractivity contribution in [3.8, 4) is 0 Å². The summed E-state index contributed by atoms with van der Waals surface area (Å²) >= 11 is 2.17. The van der Waals surface area contributed by atoms with Gasteiger partial charge in [0, 0.05) is 20.5 Å². The Morgan fingerprint density at radius 3 is 2.48 bits per heavy atom. The van der Waals surface area contributed by atoms with Crippen LogP contribution in [-0.4, -0.2) is 20.1 Å². The number of carbonyl (C=O) groups is 1. The van der Waals surface area contributed by atoms with Gasteiger partial charge in [0.2, 0.25) is 10.0 Å². The van der Waals surface area contributed by atoms with E-state index in [-0.39, 0.29) is 11.7 Å². The summed E-state index contributed by atoms with van der Waals surface area (Å²) in [4.78, 5) is 12.3. The van der Waals surface area contributed by atoms with Gasteiger partial charge in [0.25, 0.3) is 5.91 Å². The molecule has 0 aliphatic rings. The SMILES string of the molecule is CCCS(=O)(=O)Nc1cccc(C(=O)Nc2cccc(I)c2)c1. The Morgan fingerprint density at radius 1 is 1.09 bits per heavy atom. The number of anilines is 2. The minimum absolute atomic E-state index is 0.0475. The van der Waals surface area contributed by atoms with E-state index in [0.29, 0.717) is 23.4 Å². The first-order valence-corrected chi connectivity index (χ1v) is 9.80. The Morgan fingerprint density at radius 2 is 1.78 bits per heavy atom. The van der Waals surface area contributed by atoms with Crippen LogP contribution >= 0.6 is 22.6 Å². The van der Waals surface area contributed by atoms with E-state index in [2.05, 4.69) is 32.6 Å². The lowest BCUT2D eigenvalue weighted by Gasteiger charge is -2.09. The standard InChI is InChI=1S/C16H17IN2O3S/c1-2-9-23(21,22)19-15-8-3-5-12(10-15)16(20)18-14-7-4-6-13(17)11-14/h3-8,10-11,19H,2,9H2,1H3,(H,18,20). The van der Waals surface area contributed by atoms with Crippen LogP contribution in [0.5, 0.6) is 0 Å². The highest BCUT2D eigenvalue weighted by atomic mass is 127. The highest BCUT2D eigenvalue weighted by Gasteiger charge is 2.11. The molecule has 2 N–H and O–H groups in total. The molecule has 0 aliphatic carbocycles. The quantitative estimate of drug-likeness (QED) is 0.668. The second-order valence-corrected chi connectivity index (χ2v) is 8.05. The van der Waals surface area contributed by atoms with Crippen molar-refractivity contribution in [3.63, 3.8) is 0 Å². The van der Waals surface area contributed by atoms with Gasteiger partial charge < -0.3 is 5.32 Å². The summed E-state index contributed by atoms with van der Waals surface area (Å²) in [6.45, 7) is 1.80. The molecule has 0 spiro atoms. The van der Waals surface area contributed by atoms with Crippen LogP contribution in [0.2, 0.25) is 0 Å². The predicted molar refractivity (Wildman–Crippen MR) is 101 cm³/mol. The smallest absolute Gasteiger partial charge is 0.255 e. The summed E-state index contributed by atoms with van der Waals surface area (Å²) in [5, 5.41) is 2.79.